The van der Waals surface area contributed by atoms with E-state index in [0.717, 1.165) is 44.5 Å². The summed E-state index contributed by atoms with van der Waals surface area (Å²) in [6.45, 7) is 2.01. The van der Waals surface area contributed by atoms with Crippen molar-refractivity contribution in [1.82, 2.24) is 14.8 Å². The number of nitrogens with two attached hydrogens (primary N) is 1. The van der Waals surface area contributed by atoms with Gasteiger partial charge in [0.1, 0.15) is 11.4 Å². The summed E-state index contributed by atoms with van der Waals surface area (Å²) in [5.74, 6) is -1.09. The van der Waals surface area contributed by atoms with Crippen molar-refractivity contribution in [1.29, 1.82) is 0 Å². The Labute approximate surface area is 184 Å². The molecule has 2 unspecified atom stereocenters. The van der Waals surface area contributed by atoms with Crippen molar-refractivity contribution in [2.24, 2.45) is 5.73 Å². The van der Waals surface area contributed by atoms with Gasteiger partial charge in [-0.05, 0) is 43.0 Å². The highest BCUT2D eigenvalue weighted by Crippen LogP contribution is 2.30. The van der Waals surface area contributed by atoms with Crippen LogP contribution in [-0.4, -0.2) is 58.4 Å². The van der Waals surface area contributed by atoms with Gasteiger partial charge in [0.25, 0.3) is 11.8 Å². The van der Waals surface area contributed by atoms with Crippen LogP contribution in [0.15, 0.2) is 36.5 Å². The summed E-state index contributed by atoms with van der Waals surface area (Å²) in [6.07, 6.45) is 4.27. The molecule has 3 heterocycles. The van der Waals surface area contributed by atoms with E-state index in [0.29, 0.717) is 0 Å². The highest BCUT2D eigenvalue weighted by atomic mass is 35.5. The highest BCUT2D eigenvalue weighted by molar-refractivity contribution is 6.30. The first kappa shape index (κ1) is 21.5. The Balaban J connectivity index is 1.40. The number of hydrogen-bond donors (Lipinski definition) is 1. The smallest absolute Gasteiger partial charge is 0.261 e. The number of carbonyl (C=O) groups excluding carboxylic acids is 2. The summed E-state index contributed by atoms with van der Waals surface area (Å²) < 4.78 is 18.7. The van der Waals surface area contributed by atoms with Gasteiger partial charge < -0.3 is 15.4 Å². The average molecular weight is 447 g/mol. The number of hydrogen-bond acceptors (Lipinski definition) is 5. The quantitative estimate of drug-likeness (QED) is 0.736. The number of aromatic nitrogens is 1. The van der Waals surface area contributed by atoms with Crippen LogP contribution in [0.25, 0.3) is 0 Å². The van der Waals surface area contributed by atoms with E-state index >= 15 is 0 Å². The van der Waals surface area contributed by atoms with E-state index in [9.17, 15) is 14.0 Å². The summed E-state index contributed by atoms with van der Waals surface area (Å²) in [4.78, 5) is 32.8. The number of halogens is 2. The second-order valence-electron chi connectivity index (χ2n) is 8.02. The van der Waals surface area contributed by atoms with Gasteiger partial charge in [-0.3, -0.25) is 14.5 Å². The fourth-order valence-electron chi connectivity index (χ4n) is 4.50. The molecular weight excluding hydrogens is 423 g/mol. The second-order valence-corrected chi connectivity index (χ2v) is 8.46. The molecule has 2 saturated heterocycles. The summed E-state index contributed by atoms with van der Waals surface area (Å²) in [5.41, 5.74) is 6.45. The number of benzene rings is 1. The van der Waals surface area contributed by atoms with Crippen molar-refractivity contribution in [3.05, 3.63) is 58.5 Å². The zero-order valence-electron chi connectivity index (χ0n) is 17.0. The Hall–Kier alpha value is -2.71. The maximum Gasteiger partial charge on any atom is 0.261 e. The maximum atomic E-state index is 13.2. The van der Waals surface area contributed by atoms with Gasteiger partial charge in [0.15, 0.2) is 6.61 Å². The van der Waals surface area contributed by atoms with Gasteiger partial charge in [0.05, 0.1) is 5.02 Å². The van der Waals surface area contributed by atoms with E-state index in [-0.39, 0.29) is 46.9 Å². The summed E-state index contributed by atoms with van der Waals surface area (Å²) in [5, 5.41) is 0.263. The van der Waals surface area contributed by atoms with Crippen LogP contribution in [0.2, 0.25) is 5.02 Å². The van der Waals surface area contributed by atoms with Crippen molar-refractivity contribution in [3.63, 3.8) is 0 Å². The molecular formula is C22H24ClFN4O3. The normalized spacial score (nSPS) is 21.0. The Bertz CT molecular complexity index is 958. The van der Waals surface area contributed by atoms with E-state index in [1.165, 1.54) is 24.4 Å². The van der Waals surface area contributed by atoms with Crippen molar-refractivity contribution in [3.8, 4) is 5.88 Å². The lowest BCUT2D eigenvalue weighted by atomic mass is 9.91. The number of piperidine rings is 1. The molecule has 0 spiro atoms. The molecule has 4 rings (SSSR count). The zero-order chi connectivity index (χ0) is 22.0. The lowest BCUT2D eigenvalue weighted by Gasteiger charge is -2.50. The molecule has 1 aromatic heterocycles. The van der Waals surface area contributed by atoms with E-state index in [4.69, 9.17) is 22.1 Å². The standard InChI is InChI=1S/C22H24ClFN4O3/c23-15-8-19(21(25)30)22(26-9-15)31-13-20(29)28-17-2-1-3-18(28)12-27(11-17)10-14-4-6-16(24)7-5-14/h4-9,17-18H,1-3,10-13H2,(H2,25,30). The minimum absolute atomic E-state index is 0.00496. The molecule has 2 N–H and O–H groups in total. The molecule has 1 aromatic carbocycles. The van der Waals surface area contributed by atoms with E-state index in [1.807, 2.05) is 4.90 Å². The minimum atomic E-state index is -0.719. The van der Waals surface area contributed by atoms with Crippen molar-refractivity contribution in [2.45, 2.75) is 37.9 Å². The molecule has 9 heteroatoms. The van der Waals surface area contributed by atoms with Crippen LogP contribution in [0.4, 0.5) is 4.39 Å². The number of carbonyl (C=O) groups is 2. The molecule has 2 aliphatic rings. The molecule has 2 fully saturated rings. The van der Waals surface area contributed by atoms with Gasteiger partial charge in [-0.15, -0.1) is 0 Å². The molecule has 0 saturated carbocycles. The first-order valence-corrected chi connectivity index (χ1v) is 10.6. The maximum absolute atomic E-state index is 13.2. The second kappa shape index (κ2) is 9.20. The largest absolute Gasteiger partial charge is 0.467 e. The molecule has 2 aliphatic heterocycles. The minimum Gasteiger partial charge on any atom is -0.467 e. The van der Waals surface area contributed by atoms with Gasteiger partial charge in [-0.2, -0.15) is 0 Å². The fourth-order valence-corrected chi connectivity index (χ4v) is 4.66. The highest BCUT2D eigenvalue weighted by Gasteiger charge is 2.40. The van der Waals surface area contributed by atoms with E-state index in [2.05, 4.69) is 9.88 Å². The SMILES string of the molecule is NC(=O)c1cc(Cl)cnc1OCC(=O)N1C2CCCC1CN(Cc1ccc(F)cc1)C2. The monoisotopic (exact) mass is 446 g/mol. The average Bonchev–Trinajstić information content (AvgIpc) is 2.73. The van der Waals surface area contributed by atoms with Crippen LogP contribution in [0.3, 0.4) is 0 Å². The van der Waals surface area contributed by atoms with Crippen molar-refractivity contribution >= 4 is 23.4 Å². The first-order chi connectivity index (χ1) is 14.9. The predicted octanol–water partition coefficient (Wildman–Crippen LogP) is 2.62. The number of likely N-dealkylation sites (tertiary alicyclic amines) is 1. The third-order valence-corrected chi connectivity index (χ3v) is 6.03. The van der Waals surface area contributed by atoms with Crippen LogP contribution >= 0.6 is 11.6 Å². The lowest BCUT2D eigenvalue weighted by Crippen LogP contribution is -2.63. The van der Waals surface area contributed by atoms with E-state index in [1.54, 1.807) is 12.1 Å². The molecule has 2 atom stereocenters. The zero-order valence-corrected chi connectivity index (χ0v) is 17.7. The Morgan fingerprint density at radius 1 is 1.19 bits per heavy atom. The number of nitrogens with zero attached hydrogens (tertiary/aromatic N) is 3. The molecule has 2 aromatic rings. The number of ether oxygens (including phenoxy) is 1. The first-order valence-electron chi connectivity index (χ1n) is 10.3. The van der Waals surface area contributed by atoms with Crippen LogP contribution in [0, 0.1) is 5.82 Å². The lowest BCUT2D eigenvalue weighted by molar-refractivity contribution is -0.145. The Kier molecular flexibility index (Phi) is 6.38. The number of fused-ring (bicyclic) bond motifs is 2. The number of primary amides is 1. The summed E-state index contributed by atoms with van der Waals surface area (Å²) in [6, 6.07) is 8.10. The van der Waals surface area contributed by atoms with E-state index < -0.39 is 5.91 Å². The van der Waals surface area contributed by atoms with Crippen LogP contribution in [-0.2, 0) is 11.3 Å². The molecule has 2 amide bonds. The van der Waals surface area contributed by atoms with Gasteiger partial charge >= 0.3 is 0 Å². The van der Waals surface area contributed by atoms with Crippen molar-refractivity contribution < 1.29 is 18.7 Å². The molecule has 7 nitrogen and oxygen atoms in total. The van der Waals surface area contributed by atoms with Crippen molar-refractivity contribution in [2.75, 3.05) is 19.7 Å². The molecule has 0 aliphatic carbocycles. The third kappa shape index (κ3) is 4.97. The molecule has 164 valence electrons. The fraction of sp³-hybridized carbons (Fsp3) is 0.409. The van der Waals surface area contributed by atoms with Crippen LogP contribution in [0.5, 0.6) is 5.88 Å². The topological polar surface area (TPSA) is 88.8 Å². The number of amides is 2. The van der Waals surface area contributed by atoms with Crippen LogP contribution in [0.1, 0.15) is 35.2 Å². The van der Waals surface area contributed by atoms with Crippen LogP contribution < -0.4 is 10.5 Å². The number of piperazine rings is 1. The number of pyridine rings is 1. The molecule has 0 radical (unpaired) electrons. The number of rotatable bonds is 6. The summed E-state index contributed by atoms with van der Waals surface area (Å²) in [7, 11) is 0. The van der Waals surface area contributed by atoms with Gasteiger partial charge in [-0.25, -0.2) is 9.37 Å². The third-order valence-electron chi connectivity index (χ3n) is 5.82. The Morgan fingerprint density at radius 3 is 2.52 bits per heavy atom. The van der Waals surface area contributed by atoms with Gasteiger partial charge in [0.2, 0.25) is 5.88 Å². The van der Waals surface area contributed by atoms with Gasteiger partial charge in [-0.1, -0.05) is 23.7 Å². The predicted molar refractivity (Wildman–Crippen MR) is 113 cm³/mol. The molecule has 31 heavy (non-hydrogen) atoms. The Morgan fingerprint density at radius 2 is 1.87 bits per heavy atom. The molecule has 2 bridgehead atoms. The van der Waals surface area contributed by atoms with Gasteiger partial charge in [0, 0.05) is 37.9 Å². The summed E-state index contributed by atoms with van der Waals surface area (Å²) >= 11 is 5.87.